The van der Waals surface area contributed by atoms with Gasteiger partial charge in [-0.05, 0) is 23.4 Å². The summed E-state index contributed by atoms with van der Waals surface area (Å²) in [5.74, 6) is 0.212. The minimum absolute atomic E-state index is 0.00128. The number of carbonyl (C=O) groups excluding carboxylic acids is 1. The van der Waals surface area contributed by atoms with Gasteiger partial charge in [0.25, 0.3) is 0 Å². The zero-order valence-electron chi connectivity index (χ0n) is 15.0. The molecule has 5 nitrogen and oxygen atoms in total. The van der Waals surface area contributed by atoms with Crippen LogP contribution in [0.5, 0.6) is 0 Å². The molecule has 2 aromatic rings. The Bertz CT molecular complexity index is 763. The van der Waals surface area contributed by atoms with Crippen LogP contribution >= 0.6 is 11.3 Å². The lowest BCUT2D eigenvalue weighted by molar-refractivity contribution is 0.0661. The van der Waals surface area contributed by atoms with Crippen molar-refractivity contribution in [3.63, 3.8) is 0 Å². The highest BCUT2D eigenvalue weighted by atomic mass is 32.1. The minimum atomic E-state index is -0.160. The summed E-state index contributed by atoms with van der Waals surface area (Å²) in [4.78, 5) is 13.4. The zero-order valence-corrected chi connectivity index (χ0v) is 15.9. The Morgan fingerprint density at radius 2 is 1.96 bits per heavy atom. The maximum Gasteiger partial charge on any atom is 0.315 e. The van der Waals surface area contributed by atoms with Crippen molar-refractivity contribution < 1.29 is 14.3 Å². The van der Waals surface area contributed by atoms with Crippen molar-refractivity contribution in [2.24, 2.45) is 5.92 Å². The van der Waals surface area contributed by atoms with Crippen molar-refractivity contribution in [1.29, 1.82) is 0 Å². The summed E-state index contributed by atoms with van der Waals surface area (Å²) in [6, 6.07) is 14.0. The Labute approximate surface area is 163 Å². The molecule has 2 saturated heterocycles. The second-order valence-corrected chi connectivity index (χ2v) is 7.90. The number of rotatable bonds is 6. The first-order valence-corrected chi connectivity index (χ1v) is 10.2. The number of thiophene rings is 1. The third-order valence-corrected chi connectivity index (χ3v) is 5.92. The molecule has 2 amide bonds. The van der Waals surface area contributed by atoms with Crippen LogP contribution in [0.15, 0.2) is 53.9 Å². The maximum atomic E-state index is 12.2. The van der Waals surface area contributed by atoms with Crippen LogP contribution in [0.1, 0.15) is 10.4 Å². The Morgan fingerprint density at radius 3 is 2.78 bits per heavy atom. The number of hydrogen-bond donors (Lipinski definition) is 2. The molecule has 1 aromatic carbocycles. The molecular formula is C21H24N2O3S. The van der Waals surface area contributed by atoms with E-state index >= 15 is 0 Å². The molecule has 0 saturated carbocycles. The highest BCUT2D eigenvalue weighted by molar-refractivity contribution is 7.09. The number of nitrogens with one attached hydrogen (secondary N) is 2. The zero-order chi connectivity index (χ0) is 18.5. The van der Waals surface area contributed by atoms with Crippen LogP contribution in [-0.4, -0.2) is 44.0 Å². The Balaban J connectivity index is 1.24. The van der Waals surface area contributed by atoms with E-state index in [9.17, 15) is 4.79 Å². The minimum Gasteiger partial charge on any atom is -0.373 e. The SMILES string of the molecule is O=C(NCCc1cccs1)N[C@H]1CO[C@H]2[C@@H]1OC[C@@H]2C=Cc1ccccc1. The van der Waals surface area contributed by atoms with E-state index in [4.69, 9.17) is 9.47 Å². The molecule has 0 aliphatic carbocycles. The van der Waals surface area contributed by atoms with Crippen molar-refractivity contribution in [2.75, 3.05) is 19.8 Å². The van der Waals surface area contributed by atoms with Crippen LogP contribution in [0.4, 0.5) is 4.79 Å². The average Bonchev–Trinajstić information content (AvgIpc) is 3.41. The molecule has 3 heterocycles. The van der Waals surface area contributed by atoms with Crippen LogP contribution in [0.25, 0.3) is 6.08 Å². The molecule has 4 atom stereocenters. The monoisotopic (exact) mass is 384 g/mol. The van der Waals surface area contributed by atoms with Gasteiger partial charge in [0.05, 0.1) is 25.4 Å². The van der Waals surface area contributed by atoms with Crippen molar-refractivity contribution in [1.82, 2.24) is 10.6 Å². The summed E-state index contributed by atoms with van der Waals surface area (Å²) in [6.07, 6.45) is 5.03. The van der Waals surface area contributed by atoms with Crippen LogP contribution in [-0.2, 0) is 15.9 Å². The normalized spacial score (nSPS) is 27.0. The van der Waals surface area contributed by atoms with Crippen molar-refractivity contribution >= 4 is 23.4 Å². The molecule has 142 valence electrons. The molecule has 0 bridgehead atoms. The average molecular weight is 385 g/mol. The molecule has 2 aliphatic rings. The number of ether oxygens (including phenoxy) is 2. The van der Waals surface area contributed by atoms with E-state index in [1.54, 1.807) is 11.3 Å². The van der Waals surface area contributed by atoms with Crippen LogP contribution in [0.3, 0.4) is 0 Å². The van der Waals surface area contributed by atoms with E-state index in [0.717, 1.165) is 6.42 Å². The second-order valence-electron chi connectivity index (χ2n) is 6.87. The van der Waals surface area contributed by atoms with Gasteiger partial charge in [-0.25, -0.2) is 4.79 Å². The quantitative estimate of drug-likeness (QED) is 0.805. The van der Waals surface area contributed by atoms with E-state index in [1.165, 1.54) is 10.4 Å². The fraction of sp³-hybridized carbons (Fsp3) is 0.381. The maximum absolute atomic E-state index is 12.2. The number of benzene rings is 1. The van der Waals surface area contributed by atoms with Crippen molar-refractivity contribution in [2.45, 2.75) is 24.7 Å². The molecule has 2 N–H and O–H groups in total. The Morgan fingerprint density at radius 1 is 1.11 bits per heavy atom. The summed E-state index contributed by atoms with van der Waals surface area (Å²) in [5, 5.41) is 7.97. The number of urea groups is 1. The van der Waals surface area contributed by atoms with E-state index in [1.807, 2.05) is 29.6 Å². The molecule has 2 fully saturated rings. The van der Waals surface area contributed by atoms with Gasteiger partial charge in [0.1, 0.15) is 6.10 Å². The molecule has 0 unspecified atom stereocenters. The summed E-state index contributed by atoms with van der Waals surface area (Å²) in [5.41, 5.74) is 1.17. The summed E-state index contributed by atoms with van der Waals surface area (Å²) in [7, 11) is 0. The first-order valence-electron chi connectivity index (χ1n) is 9.33. The lowest BCUT2D eigenvalue weighted by Gasteiger charge is -2.18. The van der Waals surface area contributed by atoms with E-state index in [-0.39, 0.29) is 30.2 Å². The molecular weight excluding hydrogens is 360 g/mol. The standard InChI is InChI=1S/C21H24N2O3S/c24-21(22-11-10-17-7-4-12-27-17)23-18-14-26-19-16(13-25-20(18)19)9-8-15-5-2-1-3-6-15/h1-9,12,16,18-20H,10-11,13-14H2,(H2,22,23,24)/t16-,18-,19+,20+/m0/s1. The molecule has 0 spiro atoms. The van der Waals surface area contributed by atoms with Gasteiger partial charge in [-0.1, -0.05) is 48.6 Å². The lowest BCUT2D eigenvalue weighted by Crippen LogP contribution is -2.48. The van der Waals surface area contributed by atoms with Gasteiger partial charge in [0, 0.05) is 17.3 Å². The van der Waals surface area contributed by atoms with Crippen LogP contribution < -0.4 is 10.6 Å². The lowest BCUT2D eigenvalue weighted by atomic mass is 9.99. The van der Waals surface area contributed by atoms with Crippen molar-refractivity contribution in [3.05, 3.63) is 64.4 Å². The predicted molar refractivity (Wildman–Crippen MR) is 107 cm³/mol. The van der Waals surface area contributed by atoms with Crippen molar-refractivity contribution in [3.8, 4) is 0 Å². The van der Waals surface area contributed by atoms with Crippen LogP contribution in [0.2, 0.25) is 0 Å². The van der Waals surface area contributed by atoms with E-state index < -0.39 is 0 Å². The summed E-state index contributed by atoms with van der Waals surface area (Å²) in [6.45, 7) is 1.73. The fourth-order valence-electron chi connectivity index (χ4n) is 3.59. The summed E-state index contributed by atoms with van der Waals surface area (Å²) < 4.78 is 11.9. The molecule has 2 aliphatic heterocycles. The second kappa shape index (κ2) is 8.69. The Hall–Kier alpha value is -2.15. The fourth-order valence-corrected chi connectivity index (χ4v) is 4.30. The topological polar surface area (TPSA) is 59.6 Å². The molecule has 6 heteroatoms. The number of carbonyl (C=O) groups is 1. The third-order valence-electron chi connectivity index (χ3n) is 4.98. The van der Waals surface area contributed by atoms with Gasteiger partial charge < -0.3 is 20.1 Å². The largest absolute Gasteiger partial charge is 0.373 e. The molecule has 4 rings (SSSR count). The first-order chi connectivity index (χ1) is 13.3. The van der Waals surface area contributed by atoms with Gasteiger partial charge in [0.15, 0.2) is 0 Å². The van der Waals surface area contributed by atoms with Gasteiger partial charge in [-0.3, -0.25) is 0 Å². The first kappa shape index (κ1) is 18.2. The highest BCUT2D eigenvalue weighted by Crippen LogP contribution is 2.32. The Kier molecular flexibility index (Phi) is 5.87. The van der Waals surface area contributed by atoms with Gasteiger partial charge in [-0.15, -0.1) is 11.3 Å². The molecule has 27 heavy (non-hydrogen) atoms. The van der Waals surface area contributed by atoms with Gasteiger partial charge in [-0.2, -0.15) is 0 Å². The van der Waals surface area contributed by atoms with Crippen LogP contribution in [0, 0.1) is 5.92 Å². The number of fused-ring (bicyclic) bond motifs is 1. The summed E-state index contributed by atoms with van der Waals surface area (Å²) >= 11 is 1.71. The predicted octanol–water partition coefficient (Wildman–Crippen LogP) is 3.09. The van der Waals surface area contributed by atoms with E-state index in [0.29, 0.717) is 19.8 Å². The molecule has 1 aromatic heterocycles. The highest BCUT2D eigenvalue weighted by Gasteiger charge is 2.47. The van der Waals surface area contributed by atoms with E-state index in [2.05, 4.69) is 41.0 Å². The molecule has 0 radical (unpaired) electrons. The number of amides is 2. The van der Waals surface area contributed by atoms with Gasteiger partial charge >= 0.3 is 6.03 Å². The number of hydrogen-bond acceptors (Lipinski definition) is 4. The third kappa shape index (κ3) is 4.58. The van der Waals surface area contributed by atoms with Gasteiger partial charge in [0.2, 0.25) is 0 Å². The smallest absolute Gasteiger partial charge is 0.315 e.